The van der Waals surface area contributed by atoms with Gasteiger partial charge < -0.3 is 10.2 Å². The van der Waals surface area contributed by atoms with Crippen molar-refractivity contribution < 1.29 is 0 Å². The molecule has 0 aromatic rings. The smallest absolute Gasteiger partial charge is 0.00682 e. The second-order valence-corrected chi connectivity index (χ2v) is 5.49. The summed E-state index contributed by atoms with van der Waals surface area (Å²) in [5.41, 5.74) is 0. The van der Waals surface area contributed by atoms with Crippen LogP contribution >= 0.6 is 0 Å². The zero-order chi connectivity index (χ0) is 10.5. The summed E-state index contributed by atoms with van der Waals surface area (Å²) in [5, 5.41) is 3.57. The van der Waals surface area contributed by atoms with Crippen molar-refractivity contribution in [1.82, 2.24) is 10.2 Å². The van der Waals surface area contributed by atoms with Crippen molar-refractivity contribution in [1.29, 1.82) is 0 Å². The third-order valence-corrected chi connectivity index (χ3v) is 3.49. The van der Waals surface area contributed by atoms with E-state index in [-0.39, 0.29) is 0 Å². The summed E-state index contributed by atoms with van der Waals surface area (Å²) in [6.07, 6.45) is 9.96. The first-order valence-corrected chi connectivity index (χ1v) is 6.76. The minimum atomic E-state index is 0.891. The molecule has 0 amide bonds. The van der Waals surface area contributed by atoms with Gasteiger partial charge in [0.2, 0.25) is 0 Å². The molecule has 2 saturated carbocycles. The molecule has 0 atom stereocenters. The standard InChI is InChI=1S/C13H26N2/c1-15(11-12-5-6-12)10-4-2-3-9-14-13-7-8-13/h12-14H,2-11H2,1H3. The number of rotatable bonds is 9. The predicted octanol–water partition coefficient (Wildman–Crippen LogP) is 2.25. The van der Waals surface area contributed by atoms with Gasteiger partial charge in [-0.15, -0.1) is 0 Å². The number of hydrogen-bond donors (Lipinski definition) is 1. The Kier molecular flexibility index (Phi) is 4.45. The van der Waals surface area contributed by atoms with Crippen molar-refractivity contribution in [2.75, 3.05) is 26.7 Å². The van der Waals surface area contributed by atoms with E-state index >= 15 is 0 Å². The highest BCUT2D eigenvalue weighted by molar-refractivity contribution is 4.80. The van der Waals surface area contributed by atoms with Gasteiger partial charge in [-0.2, -0.15) is 0 Å². The summed E-state index contributed by atoms with van der Waals surface area (Å²) in [5.74, 6) is 1.05. The SMILES string of the molecule is CN(CCCCCNC1CC1)CC1CC1. The maximum absolute atomic E-state index is 3.57. The van der Waals surface area contributed by atoms with Crippen molar-refractivity contribution in [3.63, 3.8) is 0 Å². The quantitative estimate of drug-likeness (QED) is 0.587. The Morgan fingerprint density at radius 2 is 1.87 bits per heavy atom. The number of nitrogens with zero attached hydrogens (tertiary/aromatic N) is 1. The molecule has 2 rings (SSSR count). The van der Waals surface area contributed by atoms with E-state index in [1.807, 2.05) is 0 Å². The molecule has 2 heteroatoms. The summed E-state index contributed by atoms with van der Waals surface area (Å²) in [4.78, 5) is 2.52. The second-order valence-electron chi connectivity index (χ2n) is 5.49. The molecular weight excluding hydrogens is 184 g/mol. The average molecular weight is 210 g/mol. The molecule has 0 saturated heterocycles. The fourth-order valence-electron chi connectivity index (χ4n) is 2.11. The van der Waals surface area contributed by atoms with Crippen LogP contribution in [-0.4, -0.2) is 37.6 Å². The Balaban J connectivity index is 1.33. The van der Waals surface area contributed by atoms with Crippen molar-refractivity contribution in [3.8, 4) is 0 Å². The van der Waals surface area contributed by atoms with Gasteiger partial charge >= 0.3 is 0 Å². The molecule has 0 heterocycles. The first kappa shape index (κ1) is 11.4. The molecule has 0 spiro atoms. The highest BCUT2D eigenvalue weighted by Crippen LogP contribution is 2.29. The third-order valence-electron chi connectivity index (χ3n) is 3.49. The molecule has 2 nitrogen and oxygen atoms in total. The van der Waals surface area contributed by atoms with Gasteiger partial charge in [0, 0.05) is 12.6 Å². The largest absolute Gasteiger partial charge is 0.314 e. The summed E-state index contributed by atoms with van der Waals surface area (Å²) in [6, 6.07) is 0.891. The minimum absolute atomic E-state index is 0.891. The highest BCUT2D eigenvalue weighted by atomic mass is 15.1. The molecule has 1 N–H and O–H groups in total. The van der Waals surface area contributed by atoms with Crippen LogP contribution in [0, 0.1) is 5.92 Å². The molecule has 0 bridgehead atoms. The molecule has 0 aromatic carbocycles. The van der Waals surface area contributed by atoms with E-state index in [9.17, 15) is 0 Å². The van der Waals surface area contributed by atoms with Gasteiger partial charge in [0.15, 0.2) is 0 Å². The maximum Gasteiger partial charge on any atom is 0.00682 e. The van der Waals surface area contributed by atoms with Crippen LogP contribution < -0.4 is 5.32 Å². The first-order chi connectivity index (χ1) is 7.34. The van der Waals surface area contributed by atoms with Crippen molar-refractivity contribution >= 4 is 0 Å². The van der Waals surface area contributed by atoms with E-state index in [0.717, 1.165) is 12.0 Å². The predicted molar refractivity (Wildman–Crippen MR) is 65.1 cm³/mol. The van der Waals surface area contributed by atoms with E-state index in [0.29, 0.717) is 0 Å². The van der Waals surface area contributed by atoms with Gasteiger partial charge in [-0.25, -0.2) is 0 Å². The molecule has 88 valence electrons. The summed E-state index contributed by atoms with van der Waals surface area (Å²) in [7, 11) is 2.28. The molecule has 2 aliphatic carbocycles. The Morgan fingerprint density at radius 1 is 1.07 bits per heavy atom. The normalized spacial score (nSPS) is 21.2. The van der Waals surface area contributed by atoms with E-state index in [1.165, 1.54) is 64.6 Å². The summed E-state index contributed by atoms with van der Waals surface area (Å²) >= 11 is 0. The fourth-order valence-corrected chi connectivity index (χ4v) is 2.11. The van der Waals surface area contributed by atoms with Crippen LogP contribution in [0.25, 0.3) is 0 Å². The van der Waals surface area contributed by atoms with Crippen LogP contribution in [0.4, 0.5) is 0 Å². The van der Waals surface area contributed by atoms with Gasteiger partial charge in [0.25, 0.3) is 0 Å². The molecule has 0 unspecified atom stereocenters. The lowest BCUT2D eigenvalue weighted by atomic mass is 10.2. The molecule has 0 aliphatic heterocycles. The summed E-state index contributed by atoms with van der Waals surface area (Å²) < 4.78 is 0. The van der Waals surface area contributed by atoms with E-state index in [4.69, 9.17) is 0 Å². The van der Waals surface area contributed by atoms with Crippen molar-refractivity contribution in [3.05, 3.63) is 0 Å². The third kappa shape index (κ3) is 5.53. The van der Waals surface area contributed by atoms with Crippen LogP contribution in [0.2, 0.25) is 0 Å². The van der Waals surface area contributed by atoms with Crippen LogP contribution in [0.5, 0.6) is 0 Å². The first-order valence-electron chi connectivity index (χ1n) is 6.76. The molecule has 0 aromatic heterocycles. The number of unbranched alkanes of at least 4 members (excludes halogenated alkanes) is 2. The van der Waals surface area contributed by atoms with Crippen LogP contribution in [0.3, 0.4) is 0 Å². The lowest BCUT2D eigenvalue weighted by molar-refractivity contribution is 0.311. The zero-order valence-electron chi connectivity index (χ0n) is 10.2. The number of hydrogen-bond acceptors (Lipinski definition) is 2. The zero-order valence-corrected chi connectivity index (χ0v) is 10.2. The molecule has 2 fully saturated rings. The average Bonchev–Trinajstić information content (AvgIpc) is 3.04. The molecule has 0 radical (unpaired) electrons. The highest BCUT2D eigenvalue weighted by Gasteiger charge is 2.22. The van der Waals surface area contributed by atoms with Crippen LogP contribution in [0.15, 0.2) is 0 Å². The van der Waals surface area contributed by atoms with Gasteiger partial charge in [-0.3, -0.25) is 0 Å². The molecular formula is C13H26N2. The Labute approximate surface area is 94.4 Å². The van der Waals surface area contributed by atoms with E-state index in [1.54, 1.807) is 0 Å². The topological polar surface area (TPSA) is 15.3 Å². The summed E-state index contributed by atoms with van der Waals surface area (Å²) in [6.45, 7) is 3.90. The minimum Gasteiger partial charge on any atom is -0.314 e. The lowest BCUT2D eigenvalue weighted by Crippen LogP contribution is -2.22. The second kappa shape index (κ2) is 5.86. The van der Waals surface area contributed by atoms with Gasteiger partial charge in [-0.05, 0) is 64.6 Å². The van der Waals surface area contributed by atoms with Crippen molar-refractivity contribution in [2.45, 2.75) is 51.0 Å². The molecule has 2 aliphatic rings. The maximum atomic E-state index is 3.57. The molecule has 15 heavy (non-hydrogen) atoms. The van der Waals surface area contributed by atoms with E-state index < -0.39 is 0 Å². The van der Waals surface area contributed by atoms with Crippen molar-refractivity contribution in [2.24, 2.45) is 5.92 Å². The Hall–Kier alpha value is -0.0800. The van der Waals surface area contributed by atoms with E-state index in [2.05, 4.69) is 17.3 Å². The monoisotopic (exact) mass is 210 g/mol. The Morgan fingerprint density at radius 3 is 2.53 bits per heavy atom. The van der Waals surface area contributed by atoms with Crippen LogP contribution in [-0.2, 0) is 0 Å². The number of nitrogens with one attached hydrogen (secondary N) is 1. The van der Waals surface area contributed by atoms with Gasteiger partial charge in [-0.1, -0.05) is 6.42 Å². The van der Waals surface area contributed by atoms with Crippen LogP contribution in [0.1, 0.15) is 44.9 Å². The Bertz CT molecular complexity index is 173. The van der Waals surface area contributed by atoms with Gasteiger partial charge in [0.1, 0.15) is 0 Å². The van der Waals surface area contributed by atoms with Gasteiger partial charge in [0.05, 0.1) is 0 Å². The lowest BCUT2D eigenvalue weighted by Gasteiger charge is -2.15. The fraction of sp³-hybridized carbons (Fsp3) is 1.00.